The van der Waals surface area contributed by atoms with Crippen LogP contribution in [0.4, 0.5) is 0 Å². The predicted molar refractivity (Wildman–Crippen MR) is 98.7 cm³/mol. The highest BCUT2D eigenvalue weighted by Gasteiger charge is 2.35. The number of hydrogen-bond acceptors (Lipinski definition) is 0. The van der Waals surface area contributed by atoms with Gasteiger partial charge in [-0.15, -0.1) is 0 Å². The maximum Gasteiger partial charge on any atom is 0.0454 e. The smallest absolute Gasteiger partial charge is 0.0454 e. The summed E-state index contributed by atoms with van der Waals surface area (Å²) >= 11 is 0. The molecule has 116 valence electrons. The summed E-state index contributed by atoms with van der Waals surface area (Å²) in [6, 6.07) is 0. The summed E-state index contributed by atoms with van der Waals surface area (Å²) in [6.45, 7) is 14.1. The largest absolute Gasteiger partial charge is 0.0840 e. The summed E-state index contributed by atoms with van der Waals surface area (Å²) in [5, 5.41) is 0.511. The molecule has 0 aromatic carbocycles. The zero-order valence-corrected chi connectivity index (χ0v) is 16.2. The SMILES string of the molecule is CC1=C(C)C([SiH2]C2(CCC(C)C)C=CC=CC2)C(C)=C1C. The second-order valence-electron chi connectivity index (χ2n) is 7.66. The summed E-state index contributed by atoms with van der Waals surface area (Å²) in [7, 11) is -0.220. The molecule has 1 heteroatoms. The van der Waals surface area contributed by atoms with Gasteiger partial charge in [0.05, 0.1) is 0 Å². The normalized spacial score (nSPS) is 27.2. The summed E-state index contributed by atoms with van der Waals surface area (Å²) in [4.78, 5) is 0. The van der Waals surface area contributed by atoms with Crippen LogP contribution in [0.5, 0.6) is 0 Å². The fraction of sp³-hybridized carbons (Fsp3) is 0.600. The van der Waals surface area contributed by atoms with Crippen molar-refractivity contribution >= 4 is 9.52 Å². The molecular formula is C20H32Si. The third-order valence-electron chi connectivity index (χ3n) is 5.84. The van der Waals surface area contributed by atoms with Gasteiger partial charge in [-0.3, -0.25) is 0 Å². The monoisotopic (exact) mass is 300 g/mol. The molecule has 0 amide bonds. The molecule has 21 heavy (non-hydrogen) atoms. The molecule has 0 heterocycles. The topological polar surface area (TPSA) is 0 Å². The Morgan fingerprint density at radius 2 is 1.71 bits per heavy atom. The molecule has 0 aromatic heterocycles. The summed E-state index contributed by atoms with van der Waals surface area (Å²) in [6.07, 6.45) is 13.5. The molecule has 0 saturated heterocycles. The summed E-state index contributed by atoms with van der Waals surface area (Å²) < 4.78 is 0. The van der Waals surface area contributed by atoms with Gasteiger partial charge in [0.1, 0.15) is 0 Å². The Morgan fingerprint density at radius 3 is 2.19 bits per heavy atom. The zero-order chi connectivity index (χ0) is 15.6. The van der Waals surface area contributed by atoms with E-state index in [9.17, 15) is 0 Å². The van der Waals surface area contributed by atoms with Crippen molar-refractivity contribution in [2.45, 2.75) is 71.4 Å². The molecule has 1 unspecified atom stereocenters. The highest BCUT2D eigenvalue weighted by atomic mass is 28.2. The lowest BCUT2D eigenvalue weighted by atomic mass is 9.91. The first-order valence-corrected chi connectivity index (χ1v) is 10.1. The van der Waals surface area contributed by atoms with Crippen LogP contribution in [0.25, 0.3) is 0 Å². The first kappa shape index (κ1) is 16.5. The second kappa shape index (κ2) is 6.52. The predicted octanol–water partition coefficient (Wildman–Crippen LogP) is 5.74. The van der Waals surface area contributed by atoms with E-state index in [0.717, 1.165) is 11.5 Å². The van der Waals surface area contributed by atoms with Gasteiger partial charge in [-0.25, -0.2) is 0 Å². The van der Waals surface area contributed by atoms with Crippen LogP contribution in [0.3, 0.4) is 0 Å². The number of allylic oxidation sites excluding steroid dienone is 8. The van der Waals surface area contributed by atoms with E-state index in [4.69, 9.17) is 0 Å². The molecule has 0 nitrogen and oxygen atoms in total. The molecule has 2 aliphatic carbocycles. The van der Waals surface area contributed by atoms with Crippen LogP contribution in [-0.2, 0) is 0 Å². The van der Waals surface area contributed by atoms with E-state index in [2.05, 4.69) is 65.8 Å². The van der Waals surface area contributed by atoms with E-state index in [1.54, 1.807) is 22.3 Å². The summed E-state index contributed by atoms with van der Waals surface area (Å²) in [5.41, 5.74) is 7.28. The van der Waals surface area contributed by atoms with E-state index in [1.165, 1.54) is 19.3 Å². The third-order valence-corrected chi connectivity index (χ3v) is 9.17. The van der Waals surface area contributed by atoms with E-state index in [0.29, 0.717) is 5.04 Å². The average Bonchev–Trinajstić information content (AvgIpc) is 2.64. The van der Waals surface area contributed by atoms with Crippen LogP contribution < -0.4 is 0 Å². The van der Waals surface area contributed by atoms with Crippen LogP contribution in [-0.4, -0.2) is 9.52 Å². The fourth-order valence-corrected chi connectivity index (χ4v) is 6.93. The first-order valence-electron chi connectivity index (χ1n) is 8.56. The van der Waals surface area contributed by atoms with Gasteiger partial charge >= 0.3 is 0 Å². The standard InChI is InChI=1S/C20H32Si/c1-14(2)10-13-20(11-8-7-9-12-20)21-19-17(5)15(3)16(4)18(19)6/h7-9,11,14,19H,10,12-13,21H2,1-6H3. The van der Waals surface area contributed by atoms with Gasteiger partial charge in [-0.1, -0.05) is 55.7 Å². The van der Waals surface area contributed by atoms with Crippen molar-refractivity contribution in [3.63, 3.8) is 0 Å². The van der Waals surface area contributed by atoms with Gasteiger partial charge in [0, 0.05) is 9.52 Å². The Kier molecular flexibility index (Phi) is 5.14. The molecule has 2 rings (SSSR count). The van der Waals surface area contributed by atoms with Crippen LogP contribution in [0, 0.1) is 5.92 Å². The van der Waals surface area contributed by atoms with E-state index < -0.39 is 0 Å². The lowest BCUT2D eigenvalue weighted by Crippen LogP contribution is -2.24. The average molecular weight is 301 g/mol. The second-order valence-corrected chi connectivity index (χ2v) is 10.3. The minimum Gasteiger partial charge on any atom is -0.0840 e. The van der Waals surface area contributed by atoms with Crippen molar-refractivity contribution < 1.29 is 0 Å². The molecule has 0 aliphatic heterocycles. The molecule has 2 aliphatic rings. The molecule has 0 saturated carbocycles. The van der Waals surface area contributed by atoms with Crippen molar-refractivity contribution in [3.05, 3.63) is 46.6 Å². The zero-order valence-electron chi connectivity index (χ0n) is 14.8. The van der Waals surface area contributed by atoms with Gasteiger partial charge in [0.25, 0.3) is 0 Å². The van der Waals surface area contributed by atoms with Crippen molar-refractivity contribution in [3.8, 4) is 0 Å². The quantitative estimate of drug-likeness (QED) is 0.568. The van der Waals surface area contributed by atoms with E-state index in [-0.39, 0.29) is 9.52 Å². The Hall–Kier alpha value is -0.823. The minimum atomic E-state index is -0.220. The molecule has 0 radical (unpaired) electrons. The Bertz CT molecular complexity index is 492. The minimum absolute atomic E-state index is 0.220. The number of hydrogen-bond donors (Lipinski definition) is 0. The molecule has 0 bridgehead atoms. The molecule has 0 aromatic rings. The Labute approximate surface area is 133 Å². The third kappa shape index (κ3) is 3.51. The van der Waals surface area contributed by atoms with Gasteiger partial charge < -0.3 is 0 Å². The van der Waals surface area contributed by atoms with Gasteiger partial charge in [-0.05, 0) is 68.2 Å². The van der Waals surface area contributed by atoms with Gasteiger partial charge in [0.15, 0.2) is 0 Å². The van der Waals surface area contributed by atoms with Crippen molar-refractivity contribution in [1.29, 1.82) is 0 Å². The van der Waals surface area contributed by atoms with E-state index in [1.807, 2.05) is 0 Å². The van der Waals surface area contributed by atoms with Crippen molar-refractivity contribution in [2.75, 3.05) is 0 Å². The molecular weight excluding hydrogens is 268 g/mol. The Balaban J connectivity index is 2.21. The fourth-order valence-electron chi connectivity index (χ4n) is 3.88. The van der Waals surface area contributed by atoms with Crippen molar-refractivity contribution in [1.82, 2.24) is 0 Å². The lowest BCUT2D eigenvalue weighted by Gasteiger charge is -2.35. The maximum absolute atomic E-state index is 2.56. The van der Waals surface area contributed by atoms with Crippen LogP contribution >= 0.6 is 0 Å². The van der Waals surface area contributed by atoms with Crippen LogP contribution in [0.1, 0.15) is 60.8 Å². The number of rotatable bonds is 5. The molecule has 1 atom stereocenters. The highest BCUT2D eigenvalue weighted by Crippen LogP contribution is 2.49. The molecule has 0 fully saturated rings. The van der Waals surface area contributed by atoms with Gasteiger partial charge in [-0.2, -0.15) is 0 Å². The van der Waals surface area contributed by atoms with Gasteiger partial charge in [0.2, 0.25) is 0 Å². The highest BCUT2D eigenvalue weighted by molar-refractivity contribution is 6.45. The summed E-state index contributed by atoms with van der Waals surface area (Å²) in [5.74, 6) is 0.815. The maximum atomic E-state index is 2.56. The lowest BCUT2D eigenvalue weighted by molar-refractivity contribution is 0.489. The van der Waals surface area contributed by atoms with Crippen LogP contribution in [0.15, 0.2) is 46.6 Å². The van der Waals surface area contributed by atoms with Crippen LogP contribution in [0.2, 0.25) is 10.6 Å². The van der Waals surface area contributed by atoms with E-state index >= 15 is 0 Å². The van der Waals surface area contributed by atoms with Crippen molar-refractivity contribution in [2.24, 2.45) is 5.92 Å². The molecule has 0 N–H and O–H groups in total. The molecule has 0 spiro atoms. The first-order chi connectivity index (χ1) is 9.86. The Morgan fingerprint density at radius 1 is 1.10 bits per heavy atom.